The summed E-state index contributed by atoms with van der Waals surface area (Å²) in [6.45, 7) is 4.10. The molecule has 2 aromatic rings. The smallest absolute Gasteiger partial charge is 0.0798 e. The molecule has 0 amide bonds. The van der Waals surface area contributed by atoms with E-state index < -0.39 is 6.10 Å². The van der Waals surface area contributed by atoms with Crippen molar-refractivity contribution >= 4 is 0 Å². The molecule has 18 heavy (non-hydrogen) atoms. The molecular formula is C15H20N2O. The maximum absolute atomic E-state index is 10.3. The summed E-state index contributed by atoms with van der Waals surface area (Å²) in [5, 5.41) is 14.5. The van der Waals surface area contributed by atoms with Gasteiger partial charge in [0, 0.05) is 18.9 Å². The lowest BCUT2D eigenvalue weighted by atomic mass is 9.95. The molecule has 0 spiro atoms. The summed E-state index contributed by atoms with van der Waals surface area (Å²) < 4.78 is 1.86. The van der Waals surface area contributed by atoms with E-state index in [0.717, 1.165) is 35.2 Å². The predicted molar refractivity (Wildman–Crippen MR) is 72.4 cm³/mol. The SMILES string of the molecule is Cc1cccc(C)c1C(O)CCc1ccnn1C. The van der Waals surface area contributed by atoms with Gasteiger partial charge in [0.05, 0.1) is 6.10 Å². The maximum Gasteiger partial charge on any atom is 0.0798 e. The van der Waals surface area contributed by atoms with Crippen LogP contribution in [-0.4, -0.2) is 14.9 Å². The Bertz CT molecular complexity index is 511. The van der Waals surface area contributed by atoms with Crippen molar-refractivity contribution in [2.45, 2.75) is 32.8 Å². The second-order valence-electron chi connectivity index (χ2n) is 4.81. The number of rotatable bonds is 4. The number of nitrogens with zero attached hydrogens (tertiary/aromatic N) is 2. The van der Waals surface area contributed by atoms with Crippen molar-refractivity contribution in [3.05, 3.63) is 52.8 Å². The third kappa shape index (κ3) is 2.62. The number of aliphatic hydroxyl groups is 1. The standard InChI is InChI=1S/C15H20N2O/c1-11-5-4-6-12(2)15(11)14(18)8-7-13-9-10-16-17(13)3/h4-6,9-10,14,18H,7-8H2,1-3H3. The minimum atomic E-state index is -0.402. The Morgan fingerprint density at radius 3 is 2.44 bits per heavy atom. The number of hydrogen-bond acceptors (Lipinski definition) is 2. The molecule has 2 rings (SSSR count). The van der Waals surface area contributed by atoms with Crippen molar-refractivity contribution in [3.63, 3.8) is 0 Å². The summed E-state index contributed by atoms with van der Waals surface area (Å²) in [4.78, 5) is 0. The molecule has 0 aliphatic heterocycles. The minimum absolute atomic E-state index is 0.402. The first-order valence-corrected chi connectivity index (χ1v) is 6.30. The van der Waals surface area contributed by atoms with E-state index >= 15 is 0 Å². The second-order valence-corrected chi connectivity index (χ2v) is 4.81. The van der Waals surface area contributed by atoms with E-state index in [1.165, 1.54) is 0 Å². The monoisotopic (exact) mass is 244 g/mol. The fourth-order valence-corrected chi connectivity index (χ4v) is 2.43. The summed E-state index contributed by atoms with van der Waals surface area (Å²) in [5.41, 5.74) is 4.54. The van der Waals surface area contributed by atoms with Gasteiger partial charge in [-0.1, -0.05) is 18.2 Å². The summed E-state index contributed by atoms with van der Waals surface area (Å²) in [6.07, 6.45) is 2.96. The fourth-order valence-electron chi connectivity index (χ4n) is 2.43. The van der Waals surface area contributed by atoms with E-state index in [1.54, 1.807) is 6.20 Å². The highest BCUT2D eigenvalue weighted by Gasteiger charge is 2.13. The zero-order chi connectivity index (χ0) is 13.1. The van der Waals surface area contributed by atoms with Crippen molar-refractivity contribution in [1.29, 1.82) is 0 Å². The third-order valence-electron chi connectivity index (χ3n) is 3.47. The molecule has 1 aromatic carbocycles. The maximum atomic E-state index is 10.3. The van der Waals surface area contributed by atoms with Crippen LogP contribution in [0.25, 0.3) is 0 Å². The summed E-state index contributed by atoms with van der Waals surface area (Å²) in [6, 6.07) is 8.13. The molecular weight excluding hydrogens is 224 g/mol. The molecule has 1 heterocycles. The third-order valence-corrected chi connectivity index (χ3v) is 3.47. The first kappa shape index (κ1) is 12.8. The van der Waals surface area contributed by atoms with Crippen molar-refractivity contribution in [2.24, 2.45) is 7.05 Å². The van der Waals surface area contributed by atoms with Gasteiger partial charge in [0.1, 0.15) is 0 Å². The zero-order valence-corrected chi connectivity index (χ0v) is 11.2. The van der Waals surface area contributed by atoms with E-state index in [4.69, 9.17) is 0 Å². The van der Waals surface area contributed by atoms with Crippen molar-refractivity contribution < 1.29 is 5.11 Å². The van der Waals surface area contributed by atoms with Crippen LogP contribution in [0, 0.1) is 13.8 Å². The van der Waals surface area contributed by atoms with Crippen molar-refractivity contribution in [1.82, 2.24) is 9.78 Å². The summed E-state index contributed by atoms with van der Waals surface area (Å²) in [5.74, 6) is 0. The zero-order valence-electron chi connectivity index (χ0n) is 11.2. The van der Waals surface area contributed by atoms with Crippen LogP contribution in [0.2, 0.25) is 0 Å². The quantitative estimate of drug-likeness (QED) is 0.898. The van der Waals surface area contributed by atoms with Gasteiger partial charge in [-0.25, -0.2) is 0 Å². The van der Waals surface area contributed by atoms with Crippen molar-refractivity contribution in [3.8, 4) is 0 Å². The first-order valence-electron chi connectivity index (χ1n) is 6.30. The van der Waals surface area contributed by atoms with Crippen LogP contribution in [0.15, 0.2) is 30.5 Å². The average Bonchev–Trinajstić information content (AvgIpc) is 2.72. The Balaban J connectivity index is 2.08. The minimum Gasteiger partial charge on any atom is -0.388 e. The van der Waals surface area contributed by atoms with Gasteiger partial charge >= 0.3 is 0 Å². The van der Waals surface area contributed by atoms with Crippen molar-refractivity contribution in [2.75, 3.05) is 0 Å². The van der Waals surface area contributed by atoms with Gasteiger partial charge in [-0.3, -0.25) is 4.68 Å². The Morgan fingerprint density at radius 1 is 1.22 bits per heavy atom. The van der Waals surface area contributed by atoms with Crippen LogP contribution in [0.4, 0.5) is 0 Å². The van der Waals surface area contributed by atoms with Gasteiger partial charge in [-0.05, 0) is 49.4 Å². The van der Waals surface area contributed by atoms with Gasteiger partial charge in [0.15, 0.2) is 0 Å². The summed E-state index contributed by atoms with van der Waals surface area (Å²) >= 11 is 0. The Kier molecular flexibility index (Phi) is 3.82. The van der Waals surface area contributed by atoms with Gasteiger partial charge < -0.3 is 5.11 Å². The number of hydrogen-bond donors (Lipinski definition) is 1. The molecule has 1 unspecified atom stereocenters. The number of aliphatic hydroxyl groups excluding tert-OH is 1. The molecule has 3 heteroatoms. The molecule has 96 valence electrons. The lowest BCUT2D eigenvalue weighted by Gasteiger charge is -2.16. The van der Waals surface area contributed by atoms with Gasteiger partial charge in [0.25, 0.3) is 0 Å². The lowest BCUT2D eigenvalue weighted by Crippen LogP contribution is -2.06. The predicted octanol–water partition coefficient (Wildman–Crippen LogP) is 2.70. The number of aryl methyl sites for hydroxylation is 4. The van der Waals surface area contributed by atoms with E-state index in [0.29, 0.717) is 0 Å². The van der Waals surface area contributed by atoms with E-state index in [9.17, 15) is 5.11 Å². The number of aromatic nitrogens is 2. The number of benzene rings is 1. The molecule has 0 aliphatic carbocycles. The van der Waals surface area contributed by atoms with Crippen LogP contribution in [-0.2, 0) is 13.5 Å². The van der Waals surface area contributed by atoms with Gasteiger partial charge in [0.2, 0.25) is 0 Å². The van der Waals surface area contributed by atoms with Crippen LogP contribution in [0.1, 0.15) is 34.9 Å². The summed E-state index contributed by atoms with van der Waals surface area (Å²) in [7, 11) is 1.93. The van der Waals surface area contributed by atoms with Crippen LogP contribution in [0.5, 0.6) is 0 Å². The Morgan fingerprint density at radius 2 is 1.89 bits per heavy atom. The largest absolute Gasteiger partial charge is 0.388 e. The highest BCUT2D eigenvalue weighted by molar-refractivity contribution is 5.35. The van der Waals surface area contributed by atoms with Crippen LogP contribution in [0.3, 0.4) is 0 Å². The van der Waals surface area contributed by atoms with E-state index in [-0.39, 0.29) is 0 Å². The highest BCUT2D eigenvalue weighted by Crippen LogP contribution is 2.25. The molecule has 1 atom stereocenters. The Labute approximate surface area is 108 Å². The molecule has 1 N–H and O–H groups in total. The Hall–Kier alpha value is -1.61. The second kappa shape index (κ2) is 5.36. The van der Waals surface area contributed by atoms with Crippen LogP contribution >= 0.6 is 0 Å². The molecule has 0 fully saturated rings. The van der Waals surface area contributed by atoms with Crippen LogP contribution < -0.4 is 0 Å². The highest BCUT2D eigenvalue weighted by atomic mass is 16.3. The fraction of sp³-hybridized carbons (Fsp3) is 0.400. The lowest BCUT2D eigenvalue weighted by molar-refractivity contribution is 0.165. The molecule has 0 saturated heterocycles. The van der Waals surface area contributed by atoms with E-state index in [2.05, 4.69) is 31.1 Å². The molecule has 0 aliphatic rings. The molecule has 0 saturated carbocycles. The van der Waals surface area contributed by atoms with Gasteiger partial charge in [-0.15, -0.1) is 0 Å². The van der Waals surface area contributed by atoms with Gasteiger partial charge in [-0.2, -0.15) is 5.10 Å². The van der Waals surface area contributed by atoms with E-state index in [1.807, 2.05) is 23.9 Å². The first-order chi connectivity index (χ1) is 8.59. The molecule has 0 radical (unpaired) electrons. The molecule has 3 nitrogen and oxygen atoms in total. The molecule has 1 aromatic heterocycles. The average molecular weight is 244 g/mol. The molecule has 0 bridgehead atoms. The normalized spacial score (nSPS) is 12.7. The topological polar surface area (TPSA) is 38.1 Å².